The molecule has 1 aliphatic carbocycles. The van der Waals surface area contributed by atoms with Crippen LogP contribution in [0.1, 0.15) is 82.6 Å². The average Bonchev–Trinajstić information content (AvgIpc) is 3.33. The minimum Gasteiger partial charge on any atom is -0.348 e. The van der Waals surface area contributed by atoms with Gasteiger partial charge in [-0.25, -0.2) is 0 Å². The molecule has 1 unspecified atom stereocenters. The molecule has 1 aromatic heterocycles. The number of rotatable bonds is 11. The van der Waals surface area contributed by atoms with Gasteiger partial charge >= 0.3 is 0 Å². The molecule has 1 fully saturated rings. The molecule has 1 atom stereocenters. The third-order valence-corrected chi connectivity index (χ3v) is 6.13. The summed E-state index contributed by atoms with van der Waals surface area (Å²) in [6.45, 7) is 5.83. The molecule has 0 radical (unpaired) electrons. The first-order chi connectivity index (χ1) is 12.7. The number of amides is 2. The largest absolute Gasteiger partial charge is 0.348 e. The van der Waals surface area contributed by atoms with Gasteiger partial charge < -0.3 is 10.2 Å². The second-order valence-electron chi connectivity index (χ2n) is 7.34. The van der Waals surface area contributed by atoms with Crippen LogP contribution in [-0.4, -0.2) is 29.8 Å². The molecule has 5 heteroatoms. The number of nitrogens with zero attached hydrogens (tertiary/aromatic N) is 1. The Morgan fingerprint density at radius 2 is 1.88 bits per heavy atom. The Balaban J connectivity index is 1.80. The topological polar surface area (TPSA) is 49.4 Å². The molecular formula is C21H34N2O2S. The number of nitrogens with one attached hydrogen (secondary N) is 1. The second-order valence-corrected chi connectivity index (χ2v) is 8.32. The van der Waals surface area contributed by atoms with Crippen LogP contribution in [0, 0.1) is 5.92 Å². The molecule has 1 saturated carbocycles. The molecule has 1 aliphatic rings. The van der Waals surface area contributed by atoms with E-state index in [1.807, 2.05) is 4.90 Å². The lowest BCUT2D eigenvalue weighted by Gasteiger charge is -2.24. The van der Waals surface area contributed by atoms with Crippen LogP contribution >= 0.6 is 11.3 Å². The highest BCUT2D eigenvalue weighted by atomic mass is 32.1. The normalized spacial score (nSPS) is 15.8. The zero-order valence-electron chi connectivity index (χ0n) is 16.3. The Hall–Kier alpha value is -1.36. The standard InChI is InChI=1S/C21H34N2O2S/c1-3-14-23(15-4-2)20(25)13-7-12-19(24)22-21(17-9-5-6-10-17)18-11-8-16-26-18/h8,11,16-17,21H,3-7,9-10,12-15H2,1-2H3,(H,22,24). The fraction of sp³-hybridized carbons (Fsp3) is 0.714. The maximum absolute atomic E-state index is 12.5. The smallest absolute Gasteiger partial charge is 0.222 e. The molecule has 2 rings (SSSR count). The molecule has 0 spiro atoms. The third-order valence-electron chi connectivity index (χ3n) is 5.17. The van der Waals surface area contributed by atoms with Gasteiger partial charge in [0.1, 0.15) is 0 Å². The van der Waals surface area contributed by atoms with Crippen LogP contribution in [0.2, 0.25) is 0 Å². The van der Waals surface area contributed by atoms with E-state index in [2.05, 4.69) is 36.7 Å². The zero-order valence-corrected chi connectivity index (χ0v) is 17.2. The van der Waals surface area contributed by atoms with Crippen LogP contribution in [0.25, 0.3) is 0 Å². The number of hydrogen-bond donors (Lipinski definition) is 1. The maximum Gasteiger partial charge on any atom is 0.222 e. The Labute approximate surface area is 162 Å². The van der Waals surface area contributed by atoms with Crippen LogP contribution < -0.4 is 5.32 Å². The average molecular weight is 379 g/mol. The van der Waals surface area contributed by atoms with E-state index in [0.29, 0.717) is 25.2 Å². The lowest BCUT2D eigenvalue weighted by Crippen LogP contribution is -2.33. The van der Waals surface area contributed by atoms with Crippen molar-refractivity contribution in [2.24, 2.45) is 5.92 Å². The zero-order chi connectivity index (χ0) is 18.8. The van der Waals surface area contributed by atoms with Gasteiger partial charge in [-0.15, -0.1) is 11.3 Å². The molecule has 26 heavy (non-hydrogen) atoms. The summed E-state index contributed by atoms with van der Waals surface area (Å²) in [5, 5.41) is 5.34. The van der Waals surface area contributed by atoms with E-state index in [1.54, 1.807) is 11.3 Å². The first-order valence-electron chi connectivity index (χ1n) is 10.3. The van der Waals surface area contributed by atoms with Gasteiger partial charge in [-0.3, -0.25) is 9.59 Å². The summed E-state index contributed by atoms with van der Waals surface area (Å²) in [5.74, 6) is 0.830. The fourth-order valence-electron chi connectivity index (χ4n) is 3.89. The highest BCUT2D eigenvalue weighted by Gasteiger charge is 2.28. The minimum atomic E-state index is 0.0839. The molecule has 146 valence electrons. The third kappa shape index (κ3) is 6.42. The number of hydrogen-bond acceptors (Lipinski definition) is 3. The molecule has 0 aromatic carbocycles. The summed E-state index contributed by atoms with van der Waals surface area (Å²) >= 11 is 1.73. The van der Waals surface area contributed by atoms with Crippen molar-refractivity contribution in [1.82, 2.24) is 10.2 Å². The predicted octanol–water partition coefficient (Wildman–Crippen LogP) is 4.91. The van der Waals surface area contributed by atoms with Crippen molar-refractivity contribution in [3.63, 3.8) is 0 Å². The van der Waals surface area contributed by atoms with Crippen LogP contribution in [0.4, 0.5) is 0 Å². The van der Waals surface area contributed by atoms with Crippen LogP contribution in [0.15, 0.2) is 17.5 Å². The van der Waals surface area contributed by atoms with Gasteiger partial charge in [-0.1, -0.05) is 32.8 Å². The fourth-order valence-corrected chi connectivity index (χ4v) is 4.75. The Bertz CT molecular complexity index is 532. The molecule has 0 saturated heterocycles. The summed E-state index contributed by atoms with van der Waals surface area (Å²) in [6, 6.07) is 4.34. The van der Waals surface area contributed by atoms with Crippen molar-refractivity contribution in [2.75, 3.05) is 13.1 Å². The van der Waals surface area contributed by atoms with Gasteiger partial charge in [0, 0.05) is 30.8 Å². The monoisotopic (exact) mass is 378 g/mol. The summed E-state index contributed by atoms with van der Waals surface area (Å²) in [6.07, 6.45) is 8.44. The SMILES string of the molecule is CCCN(CCC)C(=O)CCCC(=O)NC(c1cccs1)C1CCCC1. The molecule has 1 heterocycles. The first-order valence-corrected chi connectivity index (χ1v) is 11.1. The van der Waals surface area contributed by atoms with E-state index in [1.165, 1.54) is 30.6 Å². The van der Waals surface area contributed by atoms with Crippen molar-refractivity contribution < 1.29 is 9.59 Å². The van der Waals surface area contributed by atoms with Gasteiger partial charge in [-0.05, 0) is 49.5 Å². The van der Waals surface area contributed by atoms with Gasteiger partial charge in [-0.2, -0.15) is 0 Å². The van der Waals surface area contributed by atoms with E-state index < -0.39 is 0 Å². The molecule has 1 N–H and O–H groups in total. The summed E-state index contributed by atoms with van der Waals surface area (Å²) in [5.41, 5.74) is 0. The summed E-state index contributed by atoms with van der Waals surface area (Å²) < 4.78 is 0. The summed E-state index contributed by atoms with van der Waals surface area (Å²) in [7, 11) is 0. The van der Waals surface area contributed by atoms with E-state index in [-0.39, 0.29) is 17.9 Å². The van der Waals surface area contributed by atoms with Crippen molar-refractivity contribution in [2.45, 2.75) is 77.7 Å². The number of carbonyl (C=O) groups excluding carboxylic acids is 2. The van der Waals surface area contributed by atoms with Crippen molar-refractivity contribution in [1.29, 1.82) is 0 Å². The minimum absolute atomic E-state index is 0.0839. The molecule has 2 amide bonds. The molecule has 4 nitrogen and oxygen atoms in total. The molecule has 0 bridgehead atoms. The van der Waals surface area contributed by atoms with Crippen molar-refractivity contribution in [3.8, 4) is 0 Å². The van der Waals surface area contributed by atoms with Gasteiger partial charge in [0.25, 0.3) is 0 Å². The highest BCUT2D eigenvalue weighted by Crippen LogP contribution is 2.37. The summed E-state index contributed by atoms with van der Waals surface area (Å²) in [4.78, 5) is 28.0. The Morgan fingerprint density at radius 3 is 2.46 bits per heavy atom. The Kier molecular flexibility index (Phi) is 9.16. The van der Waals surface area contributed by atoms with E-state index >= 15 is 0 Å². The van der Waals surface area contributed by atoms with Gasteiger partial charge in [0.15, 0.2) is 0 Å². The molecule has 0 aliphatic heterocycles. The predicted molar refractivity (Wildman–Crippen MR) is 108 cm³/mol. The lowest BCUT2D eigenvalue weighted by molar-refractivity contribution is -0.131. The van der Waals surface area contributed by atoms with Crippen LogP contribution in [-0.2, 0) is 9.59 Å². The molecule has 1 aromatic rings. The van der Waals surface area contributed by atoms with Gasteiger partial charge in [0.2, 0.25) is 11.8 Å². The highest BCUT2D eigenvalue weighted by molar-refractivity contribution is 7.10. The first kappa shape index (κ1) is 20.9. The van der Waals surface area contributed by atoms with E-state index in [9.17, 15) is 9.59 Å². The van der Waals surface area contributed by atoms with E-state index in [0.717, 1.165) is 25.9 Å². The molecular weight excluding hydrogens is 344 g/mol. The Morgan fingerprint density at radius 1 is 1.19 bits per heavy atom. The lowest BCUT2D eigenvalue weighted by atomic mass is 9.96. The van der Waals surface area contributed by atoms with Crippen molar-refractivity contribution >= 4 is 23.2 Å². The van der Waals surface area contributed by atoms with Crippen LogP contribution in [0.5, 0.6) is 0 Å². The quantitative estimate of drug-likeness (QED) is 0.594. The van der Waals surface area contributed by atoms with Crippen molar-refractivity contribution in [3.05, 3.63) is 22.4 Å². The second kappa shape index (κ2) is 11.4. The van der Waals surface area contributed by atoms with E-state index in [4.69, 9.17) is 0 Å². The maximum atomic E-state index is 12.5. The number of thiophene rings is 1. The van der Waals surface area contributed by atoms with Crippen LogP contribution in [0.3, 0.4) is 0 Å². The van der Waals surface area contributed by atoms with Gasteiger partial charge in [0.05, 0.1) is 6.04 Å². The number of carbonyl (C=O) groups is 2.